The summed E-state index contributed by atoms with van der Waals surface area (Å²) in [7, 11) is 0. The molecule has 4 aromatic rings. The van der Waals surface area contributed by atoms with Crippen molar-refractivity contribution in [3.05, 3.63) is 70.7 Å². The van der Waals surface area contributed by atoms with Crippen LogP contribution in [0.4, 0.5) is 0 Å². The van der Waals surface area contributed by atoms with Crippen molar-refractivity contribution >= 4 is 28.5 Å². The molecule has 0 saturated carbocycles. The van der Waals surface area contributed by atoms with E-state index in [1.165, 1.54) is 6.26 Å². The Morgan fingerprint density at radius 3 is 2.88 bits per heavy atom. The molecule has 0 aliphatic carbocycles. The van der Waals surface area contributed by atoms with Crippen LogP contribution < -0.4 is 5.32 Å². The number of benzene rings is 2. The second-order valence-corrected chi connectivity index (χ2v) is 6.30. The van der Waals surface area contributed by atoms with E-state index in [0.717, 1.165) is 16.6 Å². The molecule has 0 fully saturated rings. The summed E-state index contributed by atoms with van der Waals surface area (Å²) in [5, 5.41) is 7.33. The molecule has 0 aliphatic heterocycles. The standard InChI is InChI=1S/C19H15ClN4O2/c1-11-5-4-6-13(20)17(11)18-12(10-26-24-18)19(25)21-9-16-22-14-7-2-3-8-15(14)23-16/h2-8,10H,9H2,1H3,(H,21,25)(H,22,23). The first-order valence-electron chi connectivity index (χ1n) is 8.05. The smallest absolute Gasteiger partial charge is 0.257 e. The third kappa shape index (κ3) is 2.95. The van der Waals surface area contributed by atoms with Crippen molar-refractivity contribution in [3.8, 4) is 11.3 Å². The number of para-hydroxylation sites is 2. The van der Waals surface area contributed by atoms with Gasteiger partial charge in [0.1, 0.15) is 23.3 Å². The van der Waals surface area contributed by atoms with Crippen molar-refractivity contribution in [2.45, 2.75) is 13.5 Å². The first-order valence-corrected chi connectivity index (χ1v) is 8.43. The highest BCUT2D eigenvalue weighted by Crippen LogP contribution is 2.32. The molecule has 2 N–H and O–H groups in total. The highest BCUT2D eigenvalue weighted by Gasteiger charge is 2.21. The minimum absolute atomic E-state index is 0.264. The Morgan fingerprint density at radius 2 is 2.08 bits per heavy atom. The molecule has 2 aromatic carbocycles. The van der Waals surface area contributed by atoms with Crippen molar-refractivity contribution in [1.29, 1.82) is 0 Å². The molecular formula is C19H15ClN4O2. The van der Waals surface area contributed by atoms with Crippen LogP contribution in [-0.4, -0.2) is 21.0 Å². The van der Waals surface area contributed by atoms with E-state index in [9.17, 15) is 4.79 Å². The quantitative estimate of drug-likeness (QED) is 0.569. The van der Waals surface area contributed by atoms with Gasteiger partial charge in [-0.3, -0.25) is 4.79 Å². The van der Waals surface area contributed by atoms with Gasteiger partial charge in [-0.15, -0.1) is 0 Å². The lowest BCUT2D eigenvalue weighted by atomic mass is 10.0. The lowest BCUT2D eigenvalue weighted by Crippen LogP contribution is -2.23. The summed E-state index contributed by atoms with van der Waals surface area (Å²) in [4.78, 5) is 20.2. The Labute approximate surface area is 154 Å². The first kappa shape index (κ1) is 16.4. The molecule has 0 unspecified atom stereocenters. The molecule has 7 heteroatoms. The fourth-order valence-corrected chi connectivity index (χ4v) is 3.17. The number of fused-ring (bicyclic) bond motifs is 1. The number of rotatable bonds is 4. The zero-order valence-electron chi connectivity index (χ0n) is 13.9. The van der Waals surface area contributed by atoms with Crippen LogP contribution in [-0.2, 0) is 6.54 Å². The van der Waals surface area contributed by atoms with E-state index in [1.54, 1.807) is 6.07 Å². The van der Waals surface area contributed by atoms with E-state index in [0.29, 0.717) is 27.7 Å². The van der Waals surface area contributed by atoms with Crippen molar-refractivity contribution in [2.75, 3.05) is 0 Å². The molecule has 0 atom stereocenters. The zero-order chi connectivity index (χ0) is 18.1. The number of carbonyl (C=O) groups is 1. The predicted octanol–water partition coefficient (Wildman–Crippen LogP) is 4.11. The van der Waals surface area contributed by atoms with Gasteiger partial charge in [-0.1, -0.05) is 41.0 Å². The fourth-order valence-electron chi connectivity index (χ4n) is 2.86. The maximum Gasteiger partial charge on any atom is 0.257 e. The molecule has 6 nitrogen and oxygen atoms in total. The van der Waals surface area contributed by atoms with Crippen LogP contribution in [0.15, 0.2) is 53.3 Å². The van der Waals surface area contributed by atoms with Gasteiger partial charge in [0.25, 0.3) is 5.91 Å². The number of halogens is 1. The summed E-state index contributed by atoms with van der Waals surface area (Å²) in [5.41, 5.74) is 4.14. The van der Waals surface area contributed by atoms with E-state index in [1.807, 2.05) is 43.3 Å². The summed E-state index contributed by atoms with van der Waals surface area (Å²) >= 11 is 6.29. The predicted molar refractivity (Wildman–Crippen MR) is 98.9 cm³/mol. The number of nitrogens with zero attached hydrogens (tertiary/aromatic N) is 2. The minimum Gasteiger partial charge on any atom is -0.363 e. The summed E-state index contributed by atoms with van der Waals surface area (Å²) in [6.07, 6.45) is 1.33. The van der Waals surface area contributed by atoms with Gasteiger partial charge in [0.05, 0.1) is 22.6 Å². The zero-order valence-corrected chi connectivity index (χ0v) is 14.7. The summed E-state index contributed by atoms with van der Waals surface area (Å²) < 4.78 is 5.04. The third-order valence-electron chi connectivity index (χ3n) is 4.13. The number of aromatic nitrogens is 3. The molecule has 0 aliphatic rings. The van der Waals surface area contributed by atoms with Gasteiger partial charge in [-0.05, 0) is 30.7 Å². The van der Waals surface area contributed by atoms with Crippen LogP contribution in [0.25, 0.3) is 22.3 Å². The van der Waals surface area contributed by atoms with Crippen LogP contribution >= 0.6 is 11.6 Å². The molecule has 130 valence electrons. The first-order chi connectivity index (χ1) is 12.6. The van der Waals surface area contributed by atoms with E-state index in [-0.39, 0.29) is 12.5 Å². The molecule has 1 amide bonds. The molecule has 0 bridgehead atoms. The van der Waals surface area contributed by atoms with E-state index in [4.69, 9.17) is 16.1 Å². The Kier molecular flexibility index (Phi) is 4.18. The van der Waals surface area contributed by atoms with Crippen LogP contribution in [0.1, 0.15) is 21.7 Å². The number of nitrogens with one attached hydrogen (secondary N) is 2. The Balaban J connectivity index is 1.57. The average Bonchev–Trinajstić information content (AvgIpc) is 3.26. The molecule has 0 radical (unpaired) electrons. The van der Waals surface area contributed by atoms with Gasteiger partial charge >= 0.3 is 0 Å². The van der Waals surface area contributed by atoms with Gasteiger partial charge in [-0.25, -0.2) is 4.98 Å². The largest absolute Gasteiger partial charge is 0.363 e. The average molecular weight is 367 g/mol. The van der Waals surface area contributed by atoms with Crippen molar-refractivity contribution < 1.29 is 9.32 Å². The molecule has 0 saturated heterocycles. The second kappa shape index (κ2) is 6.65. The van der Waals surface area contributed by atoms with E-state index in [2.05, 4.69) is 20.4 Å². The van der Waals surface area contributed by atoms with E-state index >= 15 is 0 Å². The number of aromatic amines is 1. The van der Waals surface area contributed by atoms with Crippen molar-refractivity contribution in [2.24, 2.45) is 0 Å². The van der Waals surface area contributed by atoms with Crippen molar-refractivity contribution in [1.82, 2.24) is 20.4 Å². The second-order valence-electron chi connectivity index (χ2n) is 5.89. The molecule has 2 heterocycles. The van der Waals surface area contributed by atoms with Gasteiger partial charge in [0, 0.05) is 5.56 Å². The Hall–Kier alpha value is -3.12. The number of imidazole rings is 1. The highest BCUT2D eigenvalue weighted by molar-refractivity contribution is 6.33. The fraction of sp³-hybridized carbons (Fsp3) is 0.105. The number of hydrogen-bond donors (Lipinski definition) is 2. The molecule has 2 aromatic heterocycles. The van der Waals surface area contributed by atoms with Crippen LogP contribution in [0.2, 0.25) is 5.02 Å². The number of amides is 1. The number of H-pyrrole nitrogens is 1. The monoisotopic (exact) mass is 366 g/mol. The summed E-state index contributed by atoms with van der Waals surface area (Å²) in [6.45, 7) is 2.17. The van der Waals surface area contributed by atoms with Crippen molar-refractivity contribution in [3.63, 3.8) is 0 Å². The number of carbonyl (C=O) groups excluding carboxylic acids is 1. The molecule has 26 heavy (non-hydrogen) atoms. The van der Waals surface area contributed by atoms with Gasteiger partial charge < -0.3 is 14.8 Å². The van der Waals surface area contributed by atoms with Crippen LogP contribution in [0, 0.1) is 6.92 Å². The van der Waals surface area contributed by atoms with Gasteiger partial charge in [0.2, 0.25) is 0 Å². The lowest BCUT2D eigenvalue weighted by molar-refractivity contribution is 0.0950. The van der Waals surface area contributed by atoms with Crippen LogP contribution in [0.3, 0.4) is 0 Å². The minimum atomic E-state index is -0.305. The molecule has 4 rings (SSSR count). The van der Waals surface area contributed by atoms with Gasteiger partial charge in [0.15, 0.2) is 0 Å². The lowest BCUT2D eigenvalue weighted by Gasteiger charge is -2.07. The Morgan fingerprint density at radius 1 is 1.23 bits per heavy atom. The summed E-state index contributed by atoms with van der Waals surface area (Å²) in [5.74, 6) is 0.368. The Bertz CT molecular complexity index is 1050. The maximum absolute atomic E-state index is 12.6. The topological polar surface area (TPSA) is 83.8 Å². The highest BCUT2D eigenvalue weighted by atomic mass is 35.5. The summed E-state index contributed by atoms with van der Waals surface area (Å²) in [6, 6.07) is 13.2. The maximum atomic E-state index is 12.6. The van der Waals surface area contributed by atoms with Gasteiger partial charge in [-0.2, -0.15) is 0 Å². The normalized spacial score (nSPS) is 11.0. The number of hydrogen-bond acceptors (Lipinski definition) is 4. The third-order valence-corrected chi connectivity index (χ3v) is 4.44. The molecule has 0 spiro atoms. The molecular weight excluding hydrogens is 352 g/mol. The number of aryl methyl sites for hydroxylation is 1. The van der Waals surface area contributed by atoms with E-state index < -0.39 is 0 Å². The van der Waals surface area contributed by atoms with Crippen LogP contribution in [0.5, 0.6) is 0 Å². The SMILES string of the molecule is Cc1cccc(Cl)c1-c1nocc1C(=O)NCc1nc2ccccc2[nH]1.